The number of carbonyl (C=O) groups is 1. The van der Waals surface area contributed by atoms with Gasteiger partial charge in [0.05, 0.1) is 11.6 Å². The lowest BCUT2D eigenvalue weighted by atomic mass is 10.2. The minimum Gasteiger partial charge on any atom is -0.482 e. The van der Waals surface area contributed by atoms with E-state index in [0.717, 1.165) is 0 Å². The highest BCUT2D eigenvalue weighted by molar-refractivity contribution is 5.74. The number of para-hydroxylation sites is 1. The molecule has 0 bridgehead atoms. The highest BCUT2D eigenvalue weighted by atomic mass is 19.1. The van der Waals surface area contributed by atoms with Crippen molar-refractivity contribution in [3.8, 4) is 17.6 Å². The molecule has 2 rings (SSSR count). The minimum atomic E-state index is -0.709. The third kappa shape index (κ3) is 3.56. The van der Waals surface area contributed by atoms with Crippen molar-refractivity contribution in [2.45, 2.75) is 0 Å². The summed E-state index contributed by atoms with van der Waals surface area (Å²) in [4.78, 5) is 11.5. The second-order valence-electron chi connectivity index (χ2n) is 3.83. The van der Waals surface area contributed by atoms with E-state index in [1.807, 2.05) is 6.07 Å². The molecule has 4 nitrogen and oxygen atoms in total. The number of hydrogen-bond acceptors (Lipinski definition) is 4. The molecule has 0 aliphatic heterocycles. The standard InChI is InChI=1S/C15H10FNO3/c16-13-3-1-2-4-14(13)20-15(18)10-19-12-7-5-11(9-17)6-8-12/h1-8H,10H2. The summed E-state index contributed by atoms with van der Waals surface area (Å²) >= 11 is 0. The van der Waals surface area contributed by atoms with E-state index < -0.39 is 11.8 Å². The molecule has 2 aromatic carbocycles. The van der Waals surface area contributed by atoms with E-state index in [1.54, 1.807) is 30.3 Å². The highest BCUT2D eigenvalue weighted by Gasteiger charge is 2.09. The fourth-order valence-electron chi connectivity index (χ4n) is 1.45. The lowest BCUT2D eigenvalue weighted by molar-refractivity contribution is -0.136. The van der Waals surface area contributed by atoms with E-state index in [-0.39, 0.29) is 12.4 Å². The maximum absolute atomic E-state index is 13.2. The van der Waals surface area contributed by atoms with Gasteiger partial charge in [-0.3, -0.25) is 0 Å². The third-order valence-corrected chi connectivity index (χ3v) is 2.40. The van der Waals surface area contributed by atoms with Crippen LogP contribution in [0.1, 0.15) is 5.56 Å². The van der Waals surface area contributed by atoms with Crippen molar-refractivity contribution in [2.75, 3.05) is 6.61 Å². The summed E-state index contributed by atoms with van der Waals surface area (Å²) in [6.07, 6.45) is 0. The Balaban J connectivity index is 1.89. The van der Waals surface area contributed by atoms with E-state index in [9.17, 15) is 9.18 Å². The number of ether oxygens (including phenoxy) is 2. The molecule has 0 amide bonds. The van der Waals surface area contributed by atoms with Crippen LogP contribution in [-0.4, -0.2) is 12.6 Å². The summed E-state index contributed by atoms with van der Waals surface area (Å²) in [6, 6.07) is 13.8. The zero-order valence-electron chi connectivity index (χ0n) is 10.4. The van der Waals surface area contributed by atoms with Gasteiger partial charge in [-0.15, -0.1) is 0 Å². The summed E-state index contributed by atoms with van der Waals surface area (Å²) in [7, 11) is 0. The largest absolute Gasteiger partial charge is 0.482 e. The van der Waals surface area contributed by atoms with Crippen molar-refractivity contribution in [3.63, 3.8) is 0 Å². The zero-order chi connectivity index (χ0) is 14.4. The number of nitriles is 1. The van der Waals surface area contributed by atoms with Gasteiger partial charge < -0.3 is 9.47 Å². The van der Waals surface area contributed by atoms with Crippen molar-refractivity contribution in [2.24, 2.45) is 0 Å². The third-order valence-electron chi connectivity index (χ3n) is 2.40. The predicted molar refractivity (Wildman–Crippen MR) is 68.7 cm³/mol. The Morgan fingerprint density at radius 3 is 2.50 bits per heavy atom. The van der Waals surface area contributed by atoms with Gasteiger partial charge in [-0.1, -0.05) is 12.1 Å². The van der Waals surface area contributed by atoms with Crippen molar-refractivity contribution in [1.29, 1.82) is 5.26 Å². The van der Waals surface area contributed by atoms with Gasteiger partial charge in [0.1, 0.15) is 5.75 Å². The number of carbonyl (C=O) groups excluding carboxylic acids is 1. The molecule has 0 saturated carbocycles. The molecule has 0 radical (unpaired) electrons. The number of hydrogen-bond donors (Lipinski definition) is 0. The van der Waals surface area contributed by atoms with Crippen LogP contribution in [0.15, 0.2) is 48.5 Å². The number of nitrogens with zero attached hydrogens (tertiary/aromatic N) is 1. The van der Waals surface area contributed by atoms with Crippen LogP contribution in [0.2, 0.25) is 0 Å². The van der Waals surface area contributed by atoms with Crippen molar-refractivity contribution < 1.29 is 18.7 Å². The molecule has 0 fully saturated rings. The second kappa shape index (κ2) is 6.34. The van der Waals surface area contributed by atoms with Crippen molar-refractivity contribution in [3.05, 3.63) is 59.9 Å². The van der Waals surface area contributed by atoms with Crippen LogP contribution >= 0.6 is 0 Å². The first-order valence-corrected chi connectivity index (χ1v) is 5.77. The van der Waals surface area contributed by atoms with Crippen LogP contribution in [0, 0.1) is 17.1 Å². The molecule has 0 heterocycles. The fourth-order valence-corrected chi connectivity index (χ4v) is 1.45. The fraction of sp³-hybridized carbons (Fsp3) is 0.0667. The van der Waals surface area contributed by atoms with E-state index in [1.165, 1.54) is 18.2 Å². The molecule has 0 atom stereocenters. The topological polar surface area (TPSA) is 59.3 Å². The van der Waals surface area contributed by atoms with Crippen LogP contribution < -0.4 is 9.47 Å². The van der Waals surface area contributed by atoms with Crippen LogP contribution in [0.4, 0.5) is 4.39 Å². The molecule has 0 spiro atoms. The molecule has 5 heteroatoms. The van der Waals surface area contributed by atoms with E-state index in [0.29, 0.717) is 11.3 Å². The Morgan fingerprint density at radius 2 is 1.85 bits per heavy atom. The molecule has 0 saturated heterocycles. The SMILES string of the molecule is N#Cc1ccc(OCC(=O)Oc2ccccc2F)cc1. The smallest absolute Gasteiger partial charge is 0.349 e. The van der Waals surface area contributed by atoms with Gasteiger partial charge >= 0.3 is 5.97 Å². The molecule has 0 aliphatic carbocycles. The van der Waals surface area contributed by atoms with Crippen LogP contribution in [0.3, 0.4) is 0 Å². The highest BCUT2D eigenvalue weighted by Crippen LogP contribution is 2.16. The van der Waals surface area contributed by atoms with Crippen LogP contribution in [-0.2, 0) is 4.79 Å². The maximum Gasteiger partial charge on any atom is 0.349 e. The lowest BCUT2D eigenvalue weighted by Crippen LogP contribution is -2.18. The Hall–Kier alpha value is -2.87. The summed E-state index contributed by atoms with van der Waals surface area (Å²) in [5, 5.41) is 8.64. The number of halogens is 1. The molecular weight excluding hydrogens is 261 g/mol. The Bertz CT molecular complexity index is 647. The predicted octanol–water partition coefficient (Wildman–Crippen LogP) is 2.68. The average molecular weight is 271 g/mol. The van der Waals surface area contributed by atoms with E-state index in [2.05, 4.69) is 0 Å². The number of rotatable bonds is 4. The Kier molecular flexibility index (Phi) is 4.30. The minimum absolute atomic E-state index is 0.138. The van der Waals surface area contributed by atoms with Gasteiger partial charge in [0.2, 0.25) is 0 Å². The Labute approximate surface area is 115 Å². The van der Waals surface area contributed by atoms with Crippen molar-refractivity contribution in [1.82, 2.24) is 0 Å². The average Bonchev–Trinajstić information content (AvgIpc) is 2.48. The first-order valence-electron chi connectivity index (χ1n) is 5.77. The zero-order valence-corrected chi connectivity index (χ0v) is 10.4. The Morgan fingerprint density at radius 1 is 1.15 bits per heavy atom. The van der Waals surface area contributed by atoms with Crippen LogP contribution in [0.25, 0.3) is 0 Å². The maximum atomic E-state index is 13.2. The van der Waals surface area contributed by atoms with Gasteiger partial charge in [-0.05, 0) is 36.4 Å². The van der Waals surface area contributed by atoms with E-state index >= 15 is 0 Å². The summed E-state index contributed by atoms with van der Waals surface area (Å²) in [5.74, 6) is -1.03. The molecule has 20 heavy (non-hydrogen) atoms. The second-order valence-corrected chi connectivity index (χ2v) is 3.83. The molecular formula is C15H10FNO3. The molecule has 0 aliphatic rings. The van der Waals surface area contributed by atoms with Crippen molar-refractivity contribution >= 4 is 5.97 Å². The van der Waals surface area contributed by atoms with Gasteiger partial charge in [0.25, 0.3) is 0 Å². The van der Waals surface area contributed by atoms with E-state index in [4.69, 9.17) is 14.7 Å². The van der Waals surface area contributed by atoms with Gasteiger partial charge in [-0.2, -0.15) is 5.26 Å². The van der Waals surface area contributed by atoms with Gasteiger partial charge in [0, 0.05) is 0 Å². The molecule has 0 unspecified atom stereocenters. The molecule has 100 valence electrons. The number of esters is 1. The lowest BCUT2D eigenvalue weighted by Gasteiger charge is -2.07. The quantitative estimate of drug-likeness (QED) is 0.633. The molecule has 2 aromatic rings. The van der Waals surface area contributed by atoms with Gasteiger partial charge in [0.15, 0.2) is 18.2 Å². The van der Waals surface area contributed by atoms with Gasteiger partial charge in [-0.25, -0.2) is 9.18 Å². The summed E-state index contributed by atoms with van der Waals surface area (Å²) in [5.41, 5.74) is 0.492. The number of benzene rings is 2. The summed E-state index contributed by atoms with van der Waals surface area (Å²) < 4.78 is 23.2. The summed E-state index contributed by atoms with van der Waals surface area (Å²) in [6.45, 7) is -0.347. The van der Waals surface area contributed by atoms with Crippen LogP contribution in [0.5, 0.6) is 11.5 Å². The normalized spacial score (nSPS) is 9.60. The first-order chi connectivity index (χ1) is 9.69. The first kappa shape index (κ1) is 13.6. The molecule has 0 aromatic heterocycles. The monoisotopic (exact) mass is 271 g/mol. The molecule has 0 N–H and O–H groups in total.